The van der Waals surface area contributed by atoms with Gasteiger partial charge < -0.3 is 10.6 Å². The number of amides is 1. The van der Waals surface area contributed by atoms with Gasteiger partial charge in [0.15, 0.2) is 0 Å². The molecule has 0 aromatic carbocycles. The van der Waals surface area contributed by atoms with Crippen LogP contribution in [0.5, 0.6) is 0 Å². The number of hydrogen-bond donors (Lipinski definition) is 2. The maximum Gasteiger partial charge on any atom is 0.239 e. The number of hydrogen-bond acceptors (Lipinski definition) is 4. The quantitative estimate of drug-likeness (QED) is 0.852. The molecule has 0 atom stereocenters. The van der Waals surface area contributed by atoms with Gasteiger partial charge in [-0.05, 0) is 32.8 Å². The van der Waals surface area contributed by atoms with Crippen molar-refractivity contribution in [2.45, 2.75) is 51.5 Å². The van der Waals surface area contributed by atoms with E-state index in [4.69, 9.17) is 0 Å². The van der Waals surface area contributed by atoms with E-state index < -0.39 is 0 Å². The zero-order valence-electron chi connectivity index (χ0n) is 11.6. The molecule has 0 unspecified atom stereocenters. The highest BCUT2D eigenvalue weighted by Gasteiger charge is 2.18. The lowest BCUT2D eigenvalue weighted by atomic mass is 10.0. The first-order valence-electron chi connectivity index (χ1n) is 7.01. The van der Waals surface area contributed by atoms with Crippen molar-refractivity contribution in [1.82, 2.24) is 15.3 Å². The third-order valence-corrected chi connectivity index (χ3v) is 3.31. The molecule has 1 fully saturated rings. The van der Waals surface area contributed by atoms with Crippen molar-refractivity contribution in [3.05, 3.63) is 18.0 Å². The second kappa shape index (κ2) is 6.50. The van der Waals surface area contributed by atoms with Gasteiger partial charge in [-0.1, -0.05) is 12.8 Å². The summed E-state index contributed by atoms with van der Waals surface area (Å²) >= 11 is 0. The summed E-state index contributed by atoms with van der Waals surface area (Å²) in [6.07, 6.45) is 6.76. The lowest BCUT2D eigenvalue weighted by molar-refractivity contribution is -0.119. The molecule has 0 spiro atoms. The van der Waals surface area contributed by atoms with Gasteiger partial charge in [-0.3, -0.25) is 4.79 Å². The number of rotatable bonds is 5. The second-order valence-electron chi connectivity index (χ2n) is 5.36. The van der Waals surface area contributed by atoms with Crippen molar-refractivity contribution in [2.24, 2.45) is 0 Å². The zero-order chi connectivity index (χ0) is 13.7. The summed E-state index contributed by atoms with van der Waals surface area (Å²) in [6, 6.07) is 2.13. The zero-order valence-corrected chi connectivity index (χ0v) is 11.6. The summed E-state index contributed by atoms with van der Waals surface area (Å²) < 4.78 is 0. The normalized spacial score (nSPS) is 15.7. The highest BCUT2D eigenvalue weighted by Crippen LogP contribution is 2.32. The molecule has 5 heteroatoms. The molecule has 1 amide bonds. The van der Waals surface area contributed by atoms with E-state index in [-0.39, 0.29) is 18.5 Å². The predicted molar refractivity (Wildman–Crippen MR) is 75.0 cm³/mol. The second-order valence-corrected chi connectivity index (χ2v) is 5.36. The maximum absolute atomic E-state index is 11.5. The van der Waals surface area contributed by atoms with Crippen LogP contribution in [0.2, 0.25) is 0 Å². The van der Waals surface area contributed by atoms with E-state index >= 15 is 0 Å². The monoisotopic (exact) mass is 262 g/mol. The lowest BCUT2D eigenvalue weighted by Gasteiger charge is -2.11. The van der Waals surface area contributed by atoms with E-state index in [0.29, 0.717) is 11.9 Å². The number of aromatic nitrogens is 2. The minimum absolute atomic E-state index is 0.0372. The Labute approximate surface area is 114 Å². The average Bonchev–Trinajstić information content (AvgIpc) is 2.90. The molecule has 2 rings (SSSR count). The smallest absolute Gasteiger partial charge is 0.239 e. The van der Waals surface area contributed by atoms with Crippen LogP contribution >= 0.6 is 0 Å². The van der Waals surface area contributed by atoms with E-state index in [9.17, 15) is 4.79 Å². The third kappa shape index (κ3) is 4.19. The molecule has 2 N–H and O–H groups in total. The van der Waals surface area contributed by atoms with Gasteiger partial charge in [0.2, 0.25) is 11.9 Å². The Morgan fingerprint density at radius 1 is 1.42 bits per heavy atom. The van der Waals surface area contributed by atoms with Crippen LogP contribution in [0.1, 0.15) is 51.1 Å². The van der Waals surface area contributed by atoms with Gasteiger partial charge >= 0.3 is 0 Å². The number of carbonyl (C=O) groups is 1. The Kier molecular flexibility index (Phi) is 4.71. The third-order valence-electron chi connectivity index (χ3n) is 3.31. The molecule has 1 saturated carbocycles. The minimum atomic E-state index is -0.0372. The largest absolute Gasteiger partial charge is 0.352 e. The van der Waals surface area contributed by atoms with Gasteiger partial charge in [0.25, 0.3) is 0 Å². The van der Waals surface area contributed by atoms with Crippen LogP contribution in [0.15, 0.2) is 12.3 Å². The predicted octanol–water partition coefficient (Wildman–Crippen LogP) is 2.07. The maximum atomic E-state index is 11.5. The average molecular weight is 262 g/mol. The first-order valence-corrected chi connectivity index (χ1v) is 7.01. The summed E-state index contributed by atoms with van der Waals surface area (Å²) in [4.78, 5) is 20.2. The van der Waals surface area contributed by atoms with Crippen LogP contribution in [0.4, 0.5) is 5.95 Å². The molecule has 1 aromatic heterocycles. The van der Waals surface area contributed by atoms with Gasteiger partial charge in [0.1, 0.15) is 0 Å². The molecule has 104 valence electrons. The van der Waals surface area contributed by atoms with Crippen LogP contribution < -0.4 is 10.6 Å². The Bertz CT molecular complexity index is 427. The van der Waals surface area contributed by atoms with Gasteiger partial charge in [-0.15, -0.1) is 0 Å². The van der Waals surface area contributed by atoms with E-state index in [1.165, 1.54) is 25.7 Å². The highest BCUT2D eigenvalue weighted by atomic mass is 16.1. The molecule has 5 nitrogen and oxygen atoms in total. The molecule has 1 aliphatic rings. The molecule has 0 aliphatic heterocycles. The SMILES string of the molecule is CC(C)NC(=O)CNc1nccc(C2CCCC2)n1. The number of nitrogens with one attached hydrogen (secondary N) is 2. The summed E-state index contributed by atoms with van der Waals surface area (Å²) in [6.45, 7) is 4.09. The summed E-state index contributed by atoms with van der Waals surface area (Å²) in [5.41, 5.74) is 1.10. The molecule has 1 aromatic rings. The lowest BCUT2D eigenvalue weighted by Crippen LogP contribution is -2.35. The van der Waals surface area contributed by atoms with Gasteiger partial charge in [0, 0.05) is 23.9 Å². The first kappa shape index (κ1) is 13.8. The van der Waals surface area contributed by atoms with Gasteiger partial charge in [-0.2, -0.15) is 0 Å². The van der Waals surface area contributed by atoms with Crippen molar-refractivity contribution in [3.63, 3.8) is 0 Å². The molecular weight excluding hydrogens is 240 g/mol. The first-order chi connectivity index (χ1) is 9.15. The Hall–Kier alpha value is -1.65. The topological polar surface area (TPSA) is 66.9 Å². The summed E-state index contributed by atoms with van der Waals surface area (Å²) in [5.74, 6) is 1.07. The fourth-order valence-corrected chi connectivity index (χ4v) is 2.44. The molecule has 19 heavy (non-hydrogen) atoms. The van der Waals surface area contributed by atoms with Gasteiger partial charge in [0.05, 0.1) is 6.54 Å². The summed E-state index contributed by atoms with van der Waals surface area (Å²) in [7, 11) is 0. The highest BCUT2D eigenvalue weighted by molar-refractivity contribution is 5.80. The molecule has 1 heterocycles. The summed E-state index contributed by atoms with van der Waals surface area (Å²) in [5, 5.41) is 5.81. The van der Waals surface area contributed by atoms with Crippen LogP contribution in [0, 0.1) is 0 Å². The van der Waals surface area contributed by atoms with Crippen molar-refractivity contribution >= 4 is 11.9 Å². The van der Waals surface area contributed by atoms with Crippen LogP contribution in [0.25, 0.3) is 0 Å². The van der Waals surface area contributed by atoms with E-state index in [2.05, 4.69) is 20.6 Å². The van der Waals surface area contributed by atoms with Crippen molar-refractivity contribution in [1.29, 1.82) is 0 Å². The van der Waals surface area contributed by atoms with Crippen molar-refractivity contribution in [2.75, 3.05) is 11.9 Å². The Balaban J connectivity index is 1.90. The van der Waals surface area contributed by atoms with Crippen molar-refractivity contribution in [3.8, 4) is 0 Å². The minimum Gasteiger partial charge on any atom is -0.352 e. The standard InChI is InChI=1S/C14H22N4O/c1-10(2)17-13(19)9-16-14-15-8-7-12(18-14)11-5-3-4-6-11/h7-8,10-11H,3-6,9H2,1-2H3,(H,17,19)(H,15,16,18). The molecule has 1 aliphatic carbocycles. The van der Waals surface area contributed by atoms with Crippen LogP contribution in [-0.4, -0.2) is 28.5 Å². The number of nitrogens with zero attached hydrogens (tertiary/aromatic N) is 2. The van der Waals surface area contributed by atoms with E-state index in [1.807, 2.05) is 19.9 Å². The molecule has 0 bridgehead atoms. The Morgan fingerprint density at radius 2 is 2.16 bits per heavy atom. The fourth-order valence-electron chi connectivity index (χ4n) is 2.44. The van der Waals surface area contributed by atoms with Crippen LogP contribution in [0.3, 0.4) is 0 Å². The fraction of sp³-hybridized carbons (Fsp3) is 0.643. The van der Waals surface area contributed by atoms with E-state index in [0.717, 1.165) is 5.69 Å². The molecule has 0 radical (unpaired) electrons. The van der Waals surface area contributed by atoms with Gasteiger partial charge in [-0.25, -0.2) is 9.97 Å². The number of carbonyl (C=O) groups excluding carboxylic acids is 1. The van der Waals surface area contributed by atoms with E-state index in [1.54, 1.807) is 6.20 Å². The number of anilines is 1. The van der Waals surface area contributed by atoms with Crippen molar-refractivity contribution < 1.29 is 4.79 Å². The Morgan fingerprint density at radius 3 is 2.84 bits per heavy atom. The molecule has 0 saturated heterocycles. The van der Waals surface area contributed by atoms with Crippen LogP contribution in [-0.2, 0) is 4.79 Å². The molecular formula is C14H22N4O.